The fourth-order valence-corrected chi connectivity index (χ4v) is 3.75. The highest BCUT2D eigenvalue weighted by atomic mass is 35.5. The van der Waals surface area contributed by atoms with Gasteiger partial charge in [0.1, 0.15) is 4.88 Å². The standard InChI is InChI=1S/C19H13ClF2N2O4S/c20-17-11-3-1-2-4-14(11)29-18(17)19(27)28-9-16(26)23-8-15(25)24-10-5-6-12(21)13(22)7-10/h1-7H,8-9H2,(H,23,26)(H,24,25). The van der Waals surface area contributed by atoms with Crippen LogP contribution in [0.2, 0.25) is 5.02 Å². The van der Waals surface area contributed by atoms with Crippen LogP contribution in [0.4, 0.5) is 14.5 Å². The normalized spacial score (nSPS) is 10.6. The molecule has 0 aliphatic carbocycles. The summed E-state index contributed by atoms with van der Waals surface area (Å²) >= 11 is 7.32. The maximum atomic E-state index is 13.1. The molecular weight excluding hydrogens is 426 g/mol. The van der Waals surface area contributed by atoms with Crippen molar-refractivity contribution in [2.45, 2.75) is 0 Å². The van der Waals surface area contributed by atoms with E-state index in [0.29, 0.717) is 5.39 Å². The Bertz CT molecular complexity index is 1100. The molecule has 2 aromatic carbocycles. The SMILES string of the molecule is O=C(COC(=O)c1sc2ccccc2c1Cl)NCC(=O)Nc1ccc(F)c(F)c1. The van der Waals surface area contributed by atoms with Crippen molar-refractivity contribution in [3.8, 4) is 0 Å². The molecule has 2 N–H and O–H groups in total. The topological polar surface area (TPSA) is 84.5 Å². The van der Waals surface area contributed by atoms with Crippen molar-refractivity contribution in [1.82, 2.24) is 5.32 Å². The Kier molecular flexibility index (Phi) is 6.40. The minimum Gasteiger partial charge on any atom is -0.451 e. The minimum absolute atomic E-state index is 0.0361. The smallest absolute Gasteiger partial charge is 0.350 e. The summed E-state index contributed by atoms with van der Waals surface area (Å²) < 4.78 is 31.7. The van der Waals surface area contributed by atoms with Gasteiger partial charge < -0.3 is 15.4 Å². The quantitative estimate of drug-likeness (QED) is 0.574. The van der Waals surface area contributed by atoms with E-state index in [1.165, 1.54) is 6.07 Å². The van der Waals surface area contributed by atoms with Crippen molar-refractivity contribution in [1.29, 1.82) is 0 Å². The van der Waals surface area contributed by atoms with Gasteiger partial charge in [0.15, 0.2) is 18.2 Å². The first-order valence-electron chi connectivity index (χ1n) is 8.21. The van der Waals surface area contributed by atoms with Crippen LogP contribution in [0.5, 0.6) is 0 Å². The van der Waals surface area contributed by atoms with Crippen LogP contribution in [0, 0.1) is 11.6 Å². The average Bonchev–Trinajstić information content (AvgIpc) is 3.04. The monoisotopic (exact) mass is 438 g/mol. The molecule has 0 radical (unpaired) electrons. The molecule has 10 heteroatoms. The van der Waals surface area contributed by atoms with Crippen LogP contribution in [0.3, 0.4) is 0 Å². The Hall–Kier alpha value is -3.04. The number of esters is 1. The maximum absolute atomic E-state index is 13.1. The number of hydrogen-bond donors (Lipinski definition) is 2. The van der Waals surface area contributed by atoms with Crippen molar-refractivity contribution < 1.29 is 27.9 Å². The van der Waals surface area contributed by atoms with Gasteiger partial charge >= 0.3 is 5.97 Å². The van der Waals surface area contributed by atoms with Crippen molar-refractivity contribution in [2.75, 3.05) is 18.5 Å². The van der Waals surface area contributed by atoms with Gasteiger partial charge in [-0.3, -0.25) is 9.59 Å². The number of rotatable bonds is 6. The summed E-state index contributed by atoms with van der Waals surface area (Å²) in [6, 6.07) is 10.0. The summed E-state index contributed by atoms with van der Waals surface area (Å²) in [5.74, 6) is -4.28. The summed E-state index contributed by atoms with van der Waals surface area (Å²) in [6.07, 6.45) is 0. The van der Waals surface area contributed by atoms with Gasteiger partial charge in [-0.1, -0.05) is 29.8 Å². The Morgan fingerprint density at radius 2 is 1.79 bits per heavy atom. The summed E-state index contributed by atoms with van der Waals surface area (Å²) in [6.45, 7) is -1.05. The van der Waals surface area contributed by atoms with E-state index in [1.54, 1.807) is 18.2 Å². The summed E-state index contributed by atoms with van der Waals surface area (Å²) in [7, 11) is 0. The minimum atomic E-state index is -1.11. The molecule has 0 aliphatic rings. The van der Waals surface area contributed by atoms with E-state index in [9.17, 15) is 23.2 Å². The number of fused-ring (bicyclic) bond motifs is 1. The number of anilines is 1. The number of carbonyl (C=O) groups is 3. The average molecular weight is 439 g/mol. The summed E-state index contributed by atoms with van der Waals surface area (Å²) in [5.41, 5.74) is 0.0361. The molecule has 150 valence electrons. The molecule has 1 aromatic heterocycles. The van der Waals surface area contributed by atoms with Gasteiger partial charge in [-0.05, 0) is 18.2 Å². The van der Waals surface area contributed by atoms with E-state index >= 15 is 0 Å². The van der Waals surface area contributed by atoms with Crippen molar-refractivity contribution in [2.24, 2.45) is 0 Å². The molecule has 29 heavy (non-hydrogen) atoms. The predicted molar refractivity (Wildman–Crippen MR) is 105 cm³/mol. The van der Waals surface area contributed by atoms with Gasteiger partial charge in [0.2, 0.25) is 5.91 Å². The number of halogens is 3. The molecule has 6 nitrogen and oxygen atoms in total. The molecule has 1 heterocycles. The van der Waals surface area contributed by atoms with Crippen LogP contribution in [0.1, 0.15) is 9.67 Å². The summed E-state index contributed by atoms with van der Waals surface area (Å²) in [5, 5.41) is 5.51. The van der Waals surface area contributed by atoms with Gasteiger partial charge in [0, 0.05) is 21.8 Å². The van der Waals surface area contributed by atoms with Crippen LogP contribution in [-0.2, 0) is 14.3 Å². The van der Waals surface area contributed by atoms with E-state index in [1.807, 2.05) is 6.07 Å². The zero-order valence-electron chi connectivity index (χ0n) is 14.6. The lowest BCUT2D eigenvalue weighted by molar-refractivity contribution is -0.126. The van der Waals surface area contributed by atoms with Crippen molar-refractivity contribution in [3.63, 3.8) is 0 Å². The van der Waals surface area contributed by atoms with Crippen LogP contribution in [0.15, 0.2) is 42.5 Å². The van der Waals surface area contributed by atoms with Gasteiger partial charge in [0.05, 0.1) is 11.6 Å². The Labute approximate surface area is 172 Å². The van der Waals surface area contributed by atoms with Gasteiger partial charge in [-0.25, -0.2) is 13.6 Å². The van der Waals surface area contributed by atoms with Gasteiger partial charge in [-0.2, -0.15) is 0 Å². The Balaban J connectivity index is 1.47. The molecule has 0 saturated heterocycles. The first-order chi connectivity index (χ1) is 13.8. The number of amides is 2. The van der Waals surface area contributed by atoms with E-state index in [4.69, 9.17) is 16.3 Å². The van der Waals surface area contributed by atoms with Crippen molar-refractivity contribution in [3.05, 3.63) is 64.0 Å². The van der Waals surface area contributed by atoms with Crippen LogP contribution < -0.4 is 10.6 Å². The second-order valence-corrected chi connectivity index (χ2v) is 7.20. The Morgan fingerprint density at radius 3 is 2.52 bits per heavy atom. The predicted octanol–water partition coefficient (Wildman–Crippen LogP) is 3.74. The van der Waals surface area contributed by atoms with E-state index < -0.39 is 42.6 Å². The largest absolute Gasteiger partial charge is 0.451 e. The fraction of sp³-hybridized carbons (Fsp3) is 0.105. The number of ether oxygens (including phenoxy) is 1. The van der Waals surface area contributed by atoms with E-state index in [2.05, 4.69) is 10.6 Å². The van der Waals surface area contributed by atoms with E-state index in [-0.39, 0.29) is 15.6 Å². The second-order valence-electron chi connectivity index (χ2n) is 5.77. The fourth-order valence-electron chi connectivity index (χ4n) is 2.35. The maximum Gasteiger partial charge on any atom is 0.350 e. The number of carbonyl (C=O) groups excluding carboxylic acids is 3. The molecule has 3 rings (SSSR count). The zero-order chi connectivity index (χ0) is 21.0. The number of nitrogens with one attached hydrogen (secondary N) is 2. The zero-order valence-corrected chi connectivity index (χ0v) is 16.2. The highest BCUT2D eigenvalue weighted by Crippen LogP contribution is 2.35. The molecule has 0 bridgehead atoms. The van der Waals surface area contributed by atoms with Crippen LogP contribution in [-0.4, -0.2) is 30.9 Å². The third kappa shape index (κ3) is 5.07. The first-order valence-corrected chi connectivity index (χ1v) is 9.40. The lowest BCUT2D eigenvalue weighted by Crippen LogP contribution is -2.35. The molecule has 2 amide bonds. The third-order valence-corrected chi connectivity index (χ3v) is 5.36. The lowest BCUT2D eigenvalue weighted by Gasteiger charge is -2.08. The lowest BCUT2D eigenvalue weighted by atomic mass is 10.2. The molecule has 0 spiro atoms. The van der Waals surface area contributed by atoms with Crippen molar-refractivity contribution >= 4 is 56.5 Å². The molecule has 0 fully saturated rings. The Morgan fingerprint density at radius 1 is 1.03 bits per heavy atom. The van der Waals surface area contributed by atoms with Crippen LogP contribution >= 0.6 is 22.9 Å². The van der Waals surface area contributed by atoms with Gasteiger partial charge in [0.25, 0.3) is 5.91 Å². The molecule has 3 aromatic rings. The molecule has 0 atom stereocenters. The second kappa shape index (κ2) is 8.97. The molecule has 0 saturated carbocycles. The number of benzene rings is 2. The van der Waals surface area contributed by atoms with Gasteiger partial charge in [-0.15, -0.1) is 11.3 Å². The number of thiophene rings is 1. The first kappa shape index (κ1) is 20.7. The molecule has 0 unspecified atom stereocenters. The van der Waals surface area contributed by atoms with E-state index in [0.717, 1.165) is 28.2 Å². The molecule has 0 aliphatic heterocycles. The highest BCUT2D eigenvalue weighted by molar-refractivity contribution is 7.21. The van der Waals surface area contributed by atoms with Crippen LogP contribution in [0.25, 0.3) is 10.1 Å². The molecular formula is C19H13ClF2N2O4S. The third-order valence-electron chi connectivity index (χ3n) is 3.70. The summed E-state index contributed by atoms with van der Waals surface area (Å²) in [4.78, 5) is 35.9. The number of hydrogen-bond acceptors (Lipinski definition) is 5. The highest BCUT2D eigenvalue weighted by Gasteiger charge is 2.19.